The fraction of sp³-hybridized carbons (Fsp3) is 0.562. The lowest BCUT2D eigenvalue weighted by Gasteiger charge is -2.22. The Morgan fingerprint density at radius 3 is 2.62 bits per heavy atom. The molecule has 0 aliphatic carbocycles. The van der Waals surface area contributed by atoms with Crippen molar-refractivity contribution < 1.29 is 22.7 Å². The third kappa shape index (κ3) is 6.60. The number of para-hydroxylation sites is 1. The highest BCUT2D eigenvalue weighted by molar-refractivity contribution is 7.98. The van der Waals surface area contributed by atoms with E-state index in [1.807, 2.05) is 6.26 Å². The fourth-order valence-electron chi connectivity index (χ4n) is 1.97. The van der Waals surface area contributed by atoms with Crippen LogP contribution in [-0.2, 0) is 11.0 Å². The van der Waals surface area contributed by atoms with Crippen LogP contribution in [0.3, 0.4) is 0 Å². The zero-order valence-electron chi connectivity index (χ0n) is 13.7. The smallest absolute Gasteiger partial charge is 0.419 e. The van der Waals surface area contributed by atoms with Crippen LogP contribution in [0.5, 0.6) is 5.75 Å². The van der Waals surface area contributed by atoms with Crippen molar-refractivity contribution in [3.05, 3.63) is 29.8 Å². The SMILES string of the molecule is CCC(CNC(=O)[C@@H](N)CCSC)Oc1ccccc1C(F)(F)F. The Morgan fingerprint density at radius 2 is 2.04 bits per heavy atom. The highest BCUT2D eigenvalue weighted by Crippen LogP contribution is 2.36. The molecule has 0 saturated carbocycles. The molecule has 1 unspecified atom stereocenters. The molecule has 0 aliphatic heterocycles. The second-order valence-electron chi connectivity index (χ2n) is 5.28. The number of alkyl halides is 3. The largest absolute Gasteiger partial charge is 0.488 e. The second kappa shape index (κ2) is 9.78. The predicted molar refractivity (Wildman–Crippen MR) is 90.1 cm³/mol. The fourth-order valence-corrected chi connectivity index (χ4v) is 2.46. The van der Waals surface area contributed by atoms with Gasteiger partial charge in [0, 0.05) is 0 Å². The molecule has 1 rings (SSSR count). The molecule has 1 aromatic rings. The Bertz CT molecular complexity index is 526. The lowest BCUT2D eigenvalue weighted by Crippen LogP contribution is -2.44. The maximum atomic E-state index is 13.0. The number of nitrogens with two attached hydrogens (primary N) is 1. The second-order valence-corrected chi connectivity index (χ2v) is 6.26. The van der Waals surface area contributed by atoms with Gasteiger partial charge in [-0.2, -0.15) is 24.9 Å². The number of halogens is 3. The van der Waals surface area contributed by atoms with Gasteiger partial charge in [0.25, 0.3) is 0 Å². The van der Waals surface area contributed by atoms with Gasteiger partial charge < -0.3 is 15.8 Å². The van der Waals surface area contributed by atoms with Crippen molar-refractivity contribution >= 4 is 17.7 Å². The van der Waals surface area contributed by atoms with Crippen molar-refractivity contribution in [3.63, 3.8) is 0 Å². The highest BCUT2D eigenvalue weighted by Gasteiger charge is 2.34. The highest BCUT2D eigenvalue weighted by atomic mass is 32.2. The summed E-state index contributed by atoms with van der Waals surface area (Å²) in [5.74, 6) is 0.203. The Morgan fingerprint density at radius 1 is 1.38 bits per heavy atom. The molecule has 0 radical (unpaired) electrons. The molecule has 0 bridgehead atoms. The van der Waals surface area contributed by atoms with E-state index in [9.17, 15) is 18.0 Å². The molecule has 0 aliphatic rings. The number of hydrogen-bond acceptors (Lipinski definition) is 4. The zero-order valence-corrected chi connectivity index (χ0v) is 14.5. The summed E-state index contributed by atoms with van der Waals surface area (Å²) < 4.78 is 44.4. The summed E-state index contributed by atoms with van der Waals surface area (Å²) in [6, 6.07) is 4.41. The number of carbonyl (C=O) groups is 1. The van der Waals surface area contributed by atoms with Crippen LogP contribution in [0.25, 0.3) is 0 Å². The lowest BCUT2D eigenvalue weighted by atomic mass is 10.2. The van der Waals surface area contributed by atoms with E-state index < -0.39 is 23.9 Å². The van der Waals surface area contributed by atoms with E-state index in [4.69, 9.17) is 10.5 Å². The van der Waals surface area contributed by atoms with Crippen molar-refractivity contribution in [2.45, 2.75) is 38.1 Å². The quantitative estimate of drug-likeness (QED) is 0.707. The molecule has 1 amide bonds. The minimum Gasteiger partial charge on any atom is -0.488 e. The van der Waals surface area contributed by atoms with Crippen molar-refractivity contribution in [2.75, 3.05) is 18.6 Å². The summed E-state index contributed by atoms with van der Waals surface area (Å²) in [6.07, 6.45) is -2.14. The van der Waals surface area contributed by atoms with Crippen LogP contribution in [0.1, 0.15) is 25.3 Å². The van der Waals surface area contributed by atoms with Gasteiger partial charge in [-0.25, -0.2) is 0 Å². The van der Waals surface area contributed by atoms with Crippen LogP contribution in [0.4, 0.5) is 13.2 Å². The normalized spacial score (nSPS) is 14.1. The van der Waals surface area contributed by atoms with Crippen LogP contribution < -0.4 is 15.8 Å². The number of nitrogens with one attached hydrogen (secondary N) is 1. The average molecular weight is 364 g/mol. The summed E-state index contributed by atoms with van der Waals surface area (Å²) in [4.78, 5) is 11.9. The first-order chi connectivity index (χ1) is 11.3. The molecule has 2 atom stereocenters. The molecular formula is C16H23F3N2O2S. The maximum absolute atomic E-state index is 13.0. The standard InChI is InChI=1S/C16H23F3N2O2S/c1-3-11(10-21-15(22)13(20)8-9-24-2)23-14-7-5-4-6-12(14)16(17,18)19/h4-7,11,13H,3,8-10,20H2,1-2H3,(H,21,22)/t11?,13-/m0/s1. The van der Waals surface area contributed by atoms with Crippen molar-refractivity contribution in [1.82, 2.24) is 5.32 Å². The Labute approximate surface area is 144 Å². The Balaban J connectivity index is 2.65. The minimum atomic E-state index is -4.49. The summed E-state index contributed by atoms with van der Waals surface area (Å²) in [6.45, 7) is 1.88. The number of rotatable bonds is 9. The molecule has 3 N–H and O–H groups in total. The number of carbonyl (C=O) groups excluding carboxylic acids is 1. The minimum absolute atomic E-state index is 0.106. The van der Waals surface area contributed by atoms with Gasteiger partial charge in [0.05, 0.1) is 18.2 Å². The third-order valence-electron chi connectivity index (χ3n) is 3.42. The van der Waals surface area contributed by atoms with E-state index >= 15 is 0 Å². The van der Waals surface area contributed by atoms with E-state index in [1.165, 1.54) is 18.2 Å². The van der Waals surface area contributed by atoms with Gasteiger partial charge in [0.2, 0.25) is 5.91 Å². The maximum Gasteiger partial charge on any atom is 0.419 e. The van der Waals surface area contributed by atoms with Crippen LogP contribution in [0, 0.1) is 0 Å². The molecule has 8 heteroatoms. The summed E-state index contributed by atoms with van der Waals surface area (Å²) in [7, 11) is 0. The van der Waals surface area contributed by atoms with E-state index in [0.717, 1.165) is 11.8 Å². The van der Waals surface area contributed by atoms with Crippen molar-refractivity contribution in [3.8, 4) is 5.75 Å². The number of hydrogen-bond donors (Lipinski definition) is 2. The molecule has 4 nitrogen and oxygen atoms in total. The van der Waals surface area contributed by atoms with Gasteiger partial charge >= 0.3 is 6.18 Å². The number of benzene rings is 1. The first-order valence-corrected chi connectivity index (χ1v) is 9.04. The molecule has 0 aromatic heterocycles. The zero-order chi connectivity index (χ0) is 18.2. The third-order valence-corrected chi connectivity index (χ3v) is 4.06. The first kappa shape index (κ1) is 20.6. The monoisotopic (exact) mass is 364 g/mol. The lowest BCUT2D eigenvalue weighted by molar-refractivity contribution is -0.139. The van der Waals surface area contributed by atoms with E-state index in [2.05, 4.69) is 5.32 Å². The van der Waals surface area contributed by atoms with Crippen LogP contribution in [0.2, 0.25) is 0 Å². The van der Waals surface area contributed by atoms with Gasteiger partial charge in [0.15, 0.2) is 0 Å². The van der Waals surface area contributed by atoms with Gasteiger partial charge in [-0.15, -0.1) is 0 Å². The average Bonchev–Trinajstić information content (AvgIpc) is 2.55. The topological polar surface area (TPSA) is 64.4 Å². The van der Waals surface area contributed by atoms with Crippen LogP contribution in [0.15, 0.2) is 24.3 Å². The first-order valence-electron chi connectivity index (χ1n) is 7.64. The summed E-state index contributed by atoms with van der Waals surface area (Å²) >= 11 is 1.59. The van der Waals surface area contributed by atoms with Gasteiger partial charge in [-0.05, 0) is 37.0 Å². The molecule has 0 saturated heterocycles. The number of thioether (sulfide) groups is 1. The number of ether oxygens (including phenoxy) is 1. The van der Waals surface area contributed by atoms with E-state index in [-0.39, 0.29) is 18.2 Å². The van der Waals surface area contributed by atoms with Crippen LogP contribution in [-0.4, -0.2) is 36.6 Å². The van der Waals surface area contributed by atoms with Crippen LogP contribution >= 0.6 is 11.8 Å². The van der Waals surface area contributed by atoms with Gasteiger partial charge in [-0.1, -0.05) is 19.1 Å². The Kier molecular flexibility index (Phi) is 8.41. The predicted octanol–water partition coefficient (Wildman–Crippen LogP) is 3.06. The van der Waals surface area contributed by atoms with Crippen molar-refractivity contribution in [1.29, 1.82) is 0 Å². The molecule has 136 valence electrons. The molecule has 0 fully saturated rings. The molecule has 0 heterocycles. The summed E-state index contributed by atoms with van der Waals surface area (Å²) in [5.41, 5.74) is 4.92. The molecule has 0 spiro atoms. The van der Waals surface area contributed by atoms with E-state index in [0.29, 0.717) is 12.8 Å². The molecule has 1 aromatic carbocycles. The summed E-state index contributed by atoms with van der Waals surface area (Å²) in [5, 5.41) is 2.64. The van der Waals surface area contributed by atoms with Gasteiger partial charge in [-0.3, -0.25) is 4.79 Å². The van der Waals surface area contributed by atoms with Gasteiger partial charge in [0.1, 0.15) is 11.9 Å². The van der Waals surface area contributed by atoms with E-state index in [1.54, 1.807) is 18.7 Å². The molecule has 24 heavy (non-hydrogen) atoms. The Hall–Kier alpha value is -1.41. The number of amides is 1. The van der Waals surface area contributed by atoms with Crippen molar-refractivity contribution in [2.24, 2.45) is 5.73 Å². The molecular weight excluding hydrogens is 341 g/mol.